The van der Waals surface area contributed by atoms with Crippen molar-refractivity contribution in [1.82, 2.24) is 9.88 Å². The molecule has 0 saturated heterocycles. The van der Waals surface area contributed by atoms with E-state index in [0.29, 0.717) is 5.71 Å². The Bertz CT molecular complexity index is 961. The fraction of sp³-hybridized carbons (Fsp3) is 0.235. The Kier molecular flexibility index (Phi) is 1.91. The van der Waals surface area contributed by atoms with Gasteiger partial charge in [-0.05, 0) is 31.5 Å². The number of hydrogen-bond acceptors (Lipinski definition) is 4. The van der Waals surface area contributed by atoms with Gasteiger partial charge in [0, 0.05) is 40.5 Å². The summed E-state index contributed by atoms with van der Waals surface area (Å²) in [5, 5.41) is 1.93. The van der Waals surface area contributed by atoms with Gasteiger partial charge >= 0.3 is 0 Å². The third-order valence-electron chi connectivity index (χ3n) is 4.04. The average molecular weight is 282 g/mol. The smallest absolute Gasteiger partial charge is 0.227 e. The number of furan rings is 1. The number of hydrogen-bond donors (Lipinski definition) is 0. The lowest BCUT2D eigenvalue weighted by atomic mass is 10.1. The second-order valence-corrected chi connectivity index (χ2v) is 5.31. The zero-order chi connectivity index (χ0) is 17.1. The summed E-state index contributed by atoms with van der Waals surface area (Å²) in [6.07, 6.45) is 4.77. The molecule has 1 aliphatic heterocycles. The van der Waals surface area contributed by atoms with E-state index in [9.17, 15) is 0 Å². The van der Waals surface area contributed by atoms with Gasteiger partial charge < -0.3 is 14.2 Å². The van der Waals surface area contributed by atoms with Crippen LogP contribution in [0.25, 0.3) is 22.1 Å². The molecule has 1 aliphatic rings. The second-order valence-electron chi connectivity index (χ2n) is 5.31. The van der Waals surface area contributed by atoms with Gasteiger partial charge in [-0.3, -0.25) is 0 Å². The van der Waals surface area contributed by atoms with Gasteiger partial charge in [-0.15, -0.1) is 0 Å². The van der Waals surface area contributed by atoms with E-state index in [1.54, 1.807) is 18.6 Å². The highest BCUT2D eigenvalue weighted by atomic mass is 16.3. The highest BCUT2D eigenvalue weighted by molar-refractivity contribution is 6.08. The first-order valence-electron chi connectivity index (χ1n) is 8.40. The normalized spacial score (nSPS) is 21.0. The first-order chi connectivity index (χ1) is 11.4. The van der Waals surface area contributed by atoms with Crippen molar-refractivity contribution in [3.05, 3.63) is 48.4 Å². The minimum atomic E-state index is -2.18. The van der Waals surface area contributed by atoms with E-state index in [2.05, 4.69) is 4.98 Å². The van der Waals surface area contributed by atoms with Crippen molar-refractivity contribution >= 4 is 27.8 Å². The first kappa shape index (κ1) is 9.45. The molecule has 106 valence electrons. The lowest BCUT2D eigenvalue weighted by Gasteiger charge is -2.28. The minimum Gasteiger partial charge on any atom is -0.435 e. The summed E-state index contributed by atoms with van der Waals surface area (Å²) in [5.74, 6) is 0. The number of pyridine rings is 1. The lowest BCUT2D eigenvalue weighted by Crippen LogP contribution is -2.33. The summed E-state index contributed by atoms with van der Waals surface area (Å²) < 4.78 is 29.0. The van der Waals surface area contributed by atoms with E-state index >= 15 is 0 Å². The fourth-order valence-corrected chi connectivity index (χ4v) is 2.87. The molecule has 3 aromatic rings. The predicted molar refractivity (Wildman–Crippen MR) is 85.1 cm³/mol. The molecule has 0 saturated carbocycles. The van der Waals surface area contributed by atoms with E-state index in [1.165, 1.54) is 4.90 Å². The molecule has 0 radical (unpaired) electrons. The van der Waals surface area contributed by atoms with Gasteiger partial charge in [-0.25, -0.2) is 4.98 Å². The summed E-state index contributed by atoms with van der Waals surface area (Å²) in [6.45, 7) is 1.68. The Labute approximate surface area is 127 Å². The van der Waals surface area contributed by atoms with Crippen LogP contribution in [0, 0.1) is 6.92 Å². The molecule has 3 heterocycles. The quantitative estimate of drug-likeness (QED) is 0.678. The number of anilines is 1. The Balaban J connectivity index is 1.91. The van der Waals surface area contributed by atoms with Gasteiger partial charge in [0.25, 0.3) is 0 Å². The maximum Gasteiger partial charge on any atom is 0.227 e. The van der Waals surface area contributed by atoms with Crippen molar-refractivity contribution in [2.45, 2.75) is 20.0 Å². The number of rotatable bonds is 1. The zero-order valence-corrected chi connectivity index (χ0v) is 11.9. The molecule has 2 aromatic heterocycles. The van der Waals surface area contributed by atoms with Crippen molar-refractivity contribution in [2.75, 3.05) is 11.9 Å². The van der Waals surface area contributed by atoms with Crippen LogP contribution in [0.5, 0.6) is 0 Å². The summed E-state index contributed by atoms with van der Waals surface area (Å²) in [5.41, 5.74) is 3.21. The minimum absolute atomic E-state index is 0.331. The van der Waals surface area contributed by atoms with Crippen molar-refractivity contribution in [2.24, 2.45) is 0 Å². The third-order valence-corrected chi connectivity index (χ3v) is 4.04. The monoisotopic (exact) mass is 282 g/mol. The highest BCUT2D eigenvalue weighted by Crippen LogP contribution is 2.38. The van der Waals surface area contributed by atoms with Crippen LogP contribution in [0.4, 0.5) is 5.69 Å². The average Bonchev–Trinajstić information content (AvgIpc) is 3.07. The Morgan fingerprint density at radius 2 is 2.14 bits per heavy atom. The van der Waals surface area contributed by atoms with Crippen LogP contribution in [0.2, 0.25) is 0 Å². The molecular weight excluding hydrogens is 262 g/mol. The largest absolute Gasteiger partial charge is 0.435 e. The van der Waals surface area contributed by atoms with Gasteiger partial charge in [0.1, 0.15) is 6.17 Å². The summed E-state index contributed by atoms with van der Waals surface area (Å²) >= 11 is 0. The number of nitrogens with zero attached hydrogens (tertiary/aromatic N) is 3. The van der Waals surface area contributed by atoms with E-state index in [-0.39, 0.29) is 6.17 Å². The standard InChI is InChI=1S/C17H17N3O/c1-11-6-7-13-14-5-4-8-18-17(14)21-16(13)15(11)20-10-9-19(3)12(20)2/h4-10,12H,1-3H3/i3D3. The summed E-state index contributed by atoms with van der Waals surface area (Å²) in [6, 6.07) is 7.91. The molecule has 0 aliphatic carbocycles. The highest BCUT2D eigenvalue weighted by Gasteiger charge is 2.25. The van der Waals surface area contributed by atoms with Crippen LogP contribution in [0.1, 0.15) is 16.6 Å². The number of aryl methyl sites for hydroxylation is 1. The Hall–Kier alpha value is -2.49. The van der Waals surface area contributed by atoms with Gasteiger partial charge in [0.05, 0.1) is 5.69 Å². The van der Waals surface area contributed by atoms with Crippen molar-refractivity contribution in [1.29, 1.82) is 0 Å². The SMILES string of the molecule is [2H]C([2H])([2H])N1C=CN(c2c(C)ccc3c2oc2ncccc23)C1C. The van der Waals surface area contributed by atoms with Gasteiger partial charge in [-0.1, -0.05) is 12.1 Å². The number of fused-ring (bicyclic) bond motifs is 3. The third kappa shape index (κ3) is 1.65. The zero-order valence-electron chi connectivity index (χ0n) is 14.9. The van der Waals surface area contributed by atoms with Crippen LogP contribution in [-0.4, -0.2) is 23.0 Å². The Morgan fingerprint density at radius 1 is 1.24 bits per heavy atom. The maximum absolute atomic E-state index is 7.66. The summed E-state index contributed by atoms with van der Waals surface area (Å²) in [4.78, 5) is 7.59. The molecule has 4 nitrogen and oxygen atoms in total. The number of aromatic nitrogens is 1. The molecule has 1 unspecified atom stereocenters. The van der Waals surface area contributed by atoms with Crippen LogP contribution < -0.4 is 4.90 Å². The fourth-order valence-electron chi connectivity index (χ4n) is 2.87. The van der Waals surface area contributed by atoms with Crippen molar-refractivity contribution < 1.29 is 8.53 Å². The van der Waals surface area contributed by atoms with Gasteiger partial charge in [0.2, 0.25) is 5.71 Å². The maximum atomic E-state index is 7.66. The van der Waals surface area contributed by atoms with Crippen molar-refractivity contribution in [3.63, 3.8) is 0 Å². The molecule has 1 aromatic carbocycles. The molecule has 0 bridgehead atoms. The van der Waals surface area contributed by atoms with Crippen LogP contribution in [0.15, 0.2) is 47.3 Å². The van der Waals surface area contributed by atoms with E-state index in [4.69, 9.17) is 8.53 Å². The Morgan fingerprint density at radius 3 is 2.95 bits per heavy atom. The van der Waals surface area contributed by atoms with Gasteiger partial charge in [0.15, 0.2) is 5.58 Å². The molecule has 21 heavy (non-hydrogen) atoms. The van der Waals surface area contributed by atoms with E-state index < -0.39 is 6.98 Å². The molecular formula is C17H17N3O. The first-order valence-corrected chi connectivity index (χ1v) is 6.90. The van der Waals surface area contributed by atoms with Crippen LogP contribution >= 0.6 is 0 Å². The summed E-state index contributed by atoms with van der Waals surface area (Å²) in [7, 11) is 0. The van der Waals surface area contributed by atoms with Gasteiger partial charge in [-0.2, -0.15) is 0 Å². The lowest BCUT2D eigenvalue weighted by molar-refractivity contribution is 0.383. The number of benzene rings is 1. The van der Waals surface area contributed by atoms with E-state index in [1.807, 2.05) is 43.0 Å². The molecule has 0 N–H and O–H groups in total. The molecule has 1 atom stereocenters. The van der Waals surface area contributed by atoms with Crippen LogP contribution in [-0.2, 0) is 0 Å². The molecule has 0 spiro atoms. The predicted octanol–water partition coefficient (Wildman–Crippen LogP) is 3.86. The van der Waals surface area contributed by atoms with Crippen LogP contribution in [0.3, 0.4) is 0 Å². The molecule has 0 fully saturated rings. The second kappa shape index (κ2) is 4.25. The molecule has 4 heteroatoms. The van der Waals surface area contributed by atoms with E-state index in [0.717, 1.165) is 27.6 Å². The van der Waals surface area contributed by atoms with Crippen molar-refractivity contribution in [3.8, 4) is 0 Å². The molecule has 4 rings (SSSR count). The topological polar surface area (TPSA) is 32.5 Å². The molecule has 0 amide bonds.